The Bertz CT molecular complexity index is 527. The molecule has 0 aromatic heterocycles. The van der Waals surface area contributed by atoms with Crippen molar-refractivity contribution in [3.63, 3.8) is 0 Å². The molecule has 0 spiro atoms. The maximum absolute atomic E-state index is 11.9. The second-order valence-electron chi connectivity index (χ2n) is 4.85. The number of carbonyl (C=O) groups is 1. The topological polar surface area (TPSA) is 29.5 Å². The number of hydrogen-bond acceptors (Lipinski definition) is 2. The zero-order valence-electron chi connectivity index (χ0n) is 11.6. The Hall–Kier alpha value is -2.03. The molecule has 0 N–H and O–H groups in total. The van der Waals surface area contributed by atoms with Crippen LogP contribution in [0.3, 0.4) is 0 Å². The van der Waals surface area contributed by atoms with Crippen LogP contribution in [0.25, 0.3) is 6.08 Å². The number of benzene rings is 1. The summed E-state index contributed by atoms with van der Waals surface area (Å²) in [4.78, 5) is 13.5. The van der Waals surface area contributed by atoms with E-state index < -0.39 is 0 Å². The standard InChI is InChI=1S/C16H19NO2/c1-12(2)8-9-15-14-7-5-4-6-13(14)10-11-17(15)16(18)19-3/h4-8,10-11,15H,9H2,1-3H3. The SMILES string of the molecule is COC(=O)N1C=Cc2ccccc2C1CC=C(C)C. The highest BCUT2D eigenvalue weighted by molar-refractivity contribution is 5.73. The summed E-state index contributed by atoms with van der Waals surface area (Å²) < 4.78 is 4.86. The first-order valence-corrected chi connectivity index (χ1v) is 6.40. The molecule has 1 unspecified atom stereocenters. The van der Waals surface area contributed by atoms with Crippen molar-refractivity contribution in [1.29, 1.82) is 0 Å². The first kappa shape index (κ1) is 13.4. The molecule has 1 atom stereocenters. The second kappa shape index (κ2) is 5.74. The smallest absolute Gasteiger partial charge is 0.414 e. The van der Waals surface area contributed by atoms with E-state index >= 15 is 0 Å². The molecule has 0 radical (unpaired) electrons. The molecule has 1 aliphatic rings. The maximum Gasteiger partial charge on any atom is 0.414 e. The minimum Gasteiger partial charge on any atom is -0.452 e. The molecule has 3 nitrogen and oxygen atoms in total. The summed E-state index contributed by atoms with van der Waals surface area (Å²) in [6.07, 6.45) is 6.37. The van der Waals surface area contributed by atoms with Gasteiger partial charge in [0.05, 0.1) is 13.2 Å². The fourth-order valence-electron chi connectivity index (χ4n) is 2.26. The third-order valence-electron chi connectivity index (χ3n) is 3.24. The lowest BCUT2D eigenvalue weighted by Gasteiger charge is -2.31. The molecule has 0 saturated carbocycles. The number of allylic oxidation sites excluding steroid dienone is 1. The molecule has 1 aromatic carbocycles. The Morgan fingerprint density at radius 3 is 2.79 bits per heavy atom. The van der Waals surface area contributed by atoms with Crippen LogP contribution < -0.4 is 0 Å². The zero-order chi connectivity index (χ0) is 13.8. The molecule has 3 heteroatoms. The molecule has 1 amide bonds. The Labute approximate surface area is 114 Å². The molecule has 19 heavy (non-hydrogen) atoms. The third kappa shape index (κ3) is 2.87. The Kier molecular flexibility index (Phi) is 4.05. The van der Waals surface area contributed by atoms with Gasteiger partial charge in [0.25, 0.3) is 0 Å². The van der Waals surface area contributed by atoms with Crippen LogP contribution in [0.1, 0.15) is 37.4 Å². The van der Waals surface area contributed by atoms with Gasteiger partial charge in [-0.05, 0) is 37.5 Å². The van der Waals surface area contributed by atoms with E-state index in [1.165, 1.54) is 12.7 Å². The highest BCUT2D eigenvalue weighted by Crippen LogP contribution is 2.33. The van der Waals surface area contributed by atoms with Crippen LogP contribution in [0.5, 0.6) is 0 Å². The molecule has 1 aliphatic heterocycles. The quantitative estimate of drug-likeness (QED) is 0.745. The van der Waals surface area contributed by atoms with Crippen molar-refractivity contribution < 1.29 is 9.53 Å². The molecule has 0 aliphatic carbocycles. The van der Waals surface area contributed by atoms with Crippen molar-refractivity contribution in [2.75, 3.05) is 7.11 Å². The van der Waals surface area contributed by atoms with Gasteiger partial charge >= 0.3 is 6.09 Å². The van der Waals surface area contributed by atoms with E-state index in [1.807, 2.05) is 18.2 Å². The summed E-state index contributed by atoms with van der Waals surface area (Å²) >= 11 is 0. The van der Waals surface area contributed by atoms with Gasteiger partial charge in [-0.25, -0.2) is 4.79 Å². The molecule has 100 valence electrons. The van der Waals surface area contributed by atoms with Crippen LogP contribution in [-0.2, 0) is 4.74 Å². The molecule has 1 aromatic rings. The number of nitrogens with zero attached hydrogens (tertiary/aromatic N) is 1. The summed E-state index contributed by atoms with van der Waals surface area (Å²) in [5.74, 6) is 0. The number of rotatable bonds is 2. The molecular weight excluding hydrogens is 238 g/mol. The van der Waals surface area contributed by atoms with E-state index in [4.69, 9.17) is 4.74 Å². The summed E-state index contributed by atoms with van der Waals surface area (Å²) in [6.45, 7) is 4.13. The summed E-state index contributed by atoms with van der Waals surface area (Å²) in [5.41, 5.74) is 3.57. The fraction of sp³-hybridized carbons (Fsp3) is 0.312. The van der Waals surface area contributed by atoms with Crippen LogP contribution >= 0.6 is 0 Å². The third-order valence-corrected chi connectivity index (χ3v) is 3.24. The number of ether oxygens (including phenoxy) is 1. The van der Waals surface area contributed by atoms with Gasteiger partial charge in [-0.2, -0.15) is 0 Å². The highest BCUT2D eigenvalue weighted by Gasteiger charge is 2.27. The normalized spacial score (nSPS) is 16.8. The second-order valence-corrected chi connectivity index (χ2v) is 4.85. The average Bonchev–Trinajstić information content (AvgIpc) is 2.43. The van der Waals surface area contributed by atoms with Crippen LogP contribution in [0.15, 0.2) is 42.1 Å². The minimum atomic E-state index is -0.321. The van der Waals surface area contributed by atoms with Crippen molar-refractivity contribution in [3.05, 3.63) is 53.2 Å². The lowest BCUT2D eigenvalue weighted by molar-refractivity contribution is 0.126. The lowest BCUT2D eigenvalue weighted by atomic mass is 9.93. The minimum absolute atomic E-state index is 0.00329. The van der Waals surface area contributed by atoms with Gasteiger partial charge in [-0.3, -0.25) is 4.90 Å². The van der Waals surface area contributed by atoms with Gasteiger partial charge in [0.1, 0.15) is 0 Å². The van der Waals surface area contributed by atoms with Gasteiger partial charge in [-0.1, -0.05) is 35.9 Å². The maximum atomic E-state index is 11.9. The number of methoxy groups -OCH3 is 1. The Morgan fingerprint density at radius 2 is 2.11 bits per heavy atom. The van der Waals surface area contributed by atoms with Crippen LogP contribution in [0.4, 0.5) is 4.79 Å². The van der Waals surface area contributed by atoms with Gasteiger partial charge in [0.15, 0.2) is 0 Å². The number of carbonyl (C=O) groups excluding carboxylic acids is 1. The van der Waals surface area contributed by atoms with E-state index in [9.17, 15) is 4.79 Å². The van der Waals surface area contributed by atoms with Crippen LogP contribution in [0, 0.1) is 0 Å². The van der Waals surface area contributed by atoms with Crippen molar-refractivity contribution in [2.24, 2.45) is 0 Å². The van der Waals surface area contributed by atoms with Crippen molar-refractivity contribution >= 4 is 12.2 Å². The van der Waals surface area contributed by atoms with E-state index in [-0.39, 0.29) is 12.1 Å². The van der Waals surface area contributed by atoms with E-state index in [2.05, 4.69) is 32.1 Å². The number of amides is 1. The Balaban J connectivity index is 2.37. The van der Waals surface area contributed by atoms with Gasteiger partial charge in [0.2, 0.25) is 0 Å². The molecule has 0 bridgehead atoms. The zero-order valence-corrected chi connectivity index (χ0v) is 11.6. The Morgan fingerprint density at radius 1 is 1.37 bits per heavy atom. The van der Waals surface area contributed by atoms with Gasteiger partial charge in [0, 0.05) is 6.20 Å². The van der Waals surface area contributed by atoms with Crippen molar-refractivity contribution in [3.8, 4) is 0 Å². The number of hydrogen-bond donors (Lipinski definition) is 0. The van der Waals surface area contributed by atoms with Crippen molar-refractivity contribution in [2.45, 2.75) is 26.3 Å². The first-order chi connectivity index (χ1) is 9.13. The fourth-order valence-corrected chi connectivity index (χ4v) is 2.26. The van der Waals surface area contributed by atoms with Crippen molar-refractivity contribution in [1.82, 2.24) is 4.90 Å². The van der Waals surface area contributed by atoms with Crippen LogP contribution in [-0.4, -0.2) is 18.1 Å². The first-order valence-electron chi connectivity index (χ1n) is 6.40. The van der Waals surface area contributed by atoms with Crippen LogP contribution in [0.2, 0.25) is 0 Å². The molecule has 1 heterocycles. The molecule has 2 rings (SSSR count). The summed E-state index contributed by atoms with van der Waals surface area (Å²) in [5, 5.41) is 0. The van der Waals surface area contributed by atoms with Gasteiger partial charge in [-0.15, -0.1) is 0 Å². The summed E-state index contributed by atoms with van der Waals surface area (Å²) in [6, 6.07) is 8.15. The van der Waals surface area contributed by atoms with E-state index in [0.717, 1.165) is 17.5 Å². The average molecular weight is 257 g/mol. The summed E-state index contributed by atoms with van der Waals surface area (Å²) in [7, 11) is 1.41. The number of fused-ring (bicyclic) bond motifs is 1. The predicted molar refractivity (Wildman–Crippen MR) is 76.5 cm³/mol. The monoisotopic (exact) mass is 257 g/mol. The predicted octanol–water partition coefficient (Wildman–Crippen LogP) is 4.14. The molecule has 0 saturated heterocycles. The lowest BCUT2D eigenvalue weighted by Crippen LogP contribution is -2.32. The highest BCUT2D eigenvalue weighted by atomic mass is 16.5. The van der Waals surface area contributed by atoms with Gasteiger partial charge < -0.3 is 4.74 Å². The molecular formula is C16H19NO2. The van der Waals surface area contributed by atoms with E-state index in [0.29, 0.717) is 0 Å². The molecule has 0 fully saturated rings. The van der Waals surface area contributed by atoms with E-state index in [1.54, 1.807) is 11.1 Å². The largest absolute Gasteiger partial charge is 0.452 e.